The summed E-state index contributed by atoms with van der Waals surface area (Å²) >= 11 is 0. The lowest BCUT2D eigenvalue weighted by atomic mass is 9.94. The molecule has 0 aromatic rings. The van der Waals surface area contributed by atoms with Gasteiger partial charge in [-0.2, -0.15) is 0 Å². The van der Waals surface area contributed by atoms with Crippen LogP contribution in [0.2, 0.25) is 0 Å². The lowest BCUT2D eigenvalue weighted by molar-refractivity contribution is 0.0489. The molecule has 0 amide bonds. The van der Waals surface area contributed by atoms with E-state index in [0.29, 0.717) is 12.3 Å². The first kappa shape index (κ1) is 8.94. The van der Waals surface area contributed by atoms with Gasteiger partial charge in [0.1, 0.15) is 6.17 Å². The summed E-state index contributed by atoms with van der Waals surface area (Å²) in [4.78, 5) is 0. The first-order valence-corrected chi connectivity index (χ1v) is 4.15. The molecule has 1 heterocycles. The van der Waals surface area contributed by atoms with E-state index in [9.17, 15) is 4.39 Å². The molecule has 1 aliphatic rings. The molecule has 0 aliphatic carbocycles. The van der Waals surface area contributed by atoms with Gasteiger partial charge in [0.15, 0.2) is 0 Å². The van der Waals surface area contributed by atoms with Crippen molar-refractivity contribution < 1.29 is 14.2 Å². The van der Waals surface area contributed by atoms with Gasteiger partial charge in [0, 0.05) is 13.2 Å². The van der Waals surface area contributed by atoms with E-state index >= 15 is 0 Å². The van der Waals surface area contributed by atoms with Gasteiger partial charge in [-0.15, -0.1) is 0 Å². The van der Waals surface area contributed by atoms with Crippen molar-refractivity contribution in [3.8, 4) is 0 Å². The highest BCUT2D eigenvalue weighted by Gasteiger charge is 2.17. The average Bonchev–Trinajstić information content (AvgIpc) is 2.06. The fourth-order valence-corrected chi connectivity index (χ4v) is 1.42. The average molecular weight is 162 g/mol. The normalized spacial score (nSPS) is 23.5. The number of alkyl halides is 1. The van der Waals surface area contributed by atoms with E-state index in [-0.39, 0.29) is 6.61 Å². The smallest absolute Gasteiger partial charge is 0.123 e. The quantitative estimate of drug-likeness (QED) is 0.674. The summed E-state index contributed by atoms with van der Waals surface area (Å²) in [7, 11) is 0. The third-order valence-electron chi connectivity index (χ3n) is 2.13. The van der Waals surface area contributed by atoms with Crippen molar-refractivity contribution in [2.24, 2.45) is 5.92 Å². The van der Waals surface area contributed by atoms with E-state index in [0.717, 1.165) is 26.1 Å². The summed E-state index contributed by atoms with van der Waals surface area (Å²) in [6.45, 7) is 1.17. The largest absolute Gasteiger partial charge is 0.393 e. The minimum absolute atomic E-state index is 0.336. The van der Waals surface area contributed by atoms with Crippen molar-refractivity contribution in [1.82, 2.24) is 0 Å². The molecule has 0 aromatic heterocycles. The van der Waals surface area contributed by atoms with E-state index < -0.39 is 6.17 Å². The van der Waals surface area contributed by atoms with Crippen LogP contribution >= 0.6 is 0 Å². The van der Waals surface area contributed by atoms with Crippen molar-refractivity contribution in [1.29, 1.82) is 0 Å². The zero-order valence-corrected chi connectivity index (χ0v) is 6.63. The highest BCUT2D eigenvalue weighted by Crippen LogP contribution is 2.20. The van der Waals surface area contributed by atoms with Crippen LogP contribution < -0.4 is 0 Å². The highest BCUT2D eigenvalue weighted by molar-refractivity contribution is 4.67. The molecular weight excluding hydrogens is 147 g/mol. The molecule has 1 atom stereocenters. The van der Waals surface area contributed by atoms with Gasteiger partial charge in [0.05, 0.1) is 6.61 Å². The van der Waals surface area contributed by atoms with Gasteiger partial charge in [-0.05, 0) is 25.2 Å². The Kier molecular flexibility index (Phi) is 3.80. The number of hydrogen-bond donors (Lipinski definition) is 1. The molecule has 1 rings (SSSR count). The fraction of sp³-hybridized carbons (Fsp3) is 1.00. The Morgan fingerprint density at radius 3 is 2.64 bits per heavy atom. The Labute approximate surface area is 66.4 Å². The Morgan fingerprint density at radius 2 is 2.09 bits per heavy atom. The molecule has 1 fully saturated rings. The van der Waals surface area contributed by atoms with Crippen molar-refractivity contribution >= 4 is 0 Å². The Balaban J connectivity index is 2.13. The molecule has 3 heteroatoms. The van der Waals surface area contributed by atoms with Crippen LogP contribution in [0.15, 0.2) is 0 Å². The number of rotatable bonds is 3. The van der Waals surface area contributed by atoms with Gasteiger partial charge in [-0.3, -0.25) is 0 Å². The van der Waals surface area contributed by atoms with Crippen molar-refractivity contribution in [2.45, 2.75) is 25.4 Å². The zero-order valence-electron chi connectivity index (χ0n) is 6.63. The van der Waals surface area contributed by atoms with E-state index in [1.165, 1.54) is 0 Å². The van der Waals surface area contributed by atoms with Crippen molar-refractivity contribution in [3.05, 3.63) is 0 Å². The minimum atomic E-state index is -1.03. The number of halogens is 1. The van der Waals surface area contributed by atoms with Crippen LogP contribution in [0.5, 0.6) is 0 Å². The summed E-state index contributed by atoms with van der Waals surface area (Å²) < 4.78 is 17.8. The third kappa shape index (κ3) is 3.16. The van der Waals surface area contributed by atoms with Crippen LogP contribution in [-0.2, 0) is 4.74 Å². The number of hydrogen-bond acceptors (Lipinski definition) is 2. The third-order valence-corrected chi connectivity index (χ3v) is 2.13. The summed E-state index contributed by atoms with van der Waals surface area (Å²) in [6.07, 6.45) is 1.36. The van der Waals surface area contributed by atoms with E-state index in [2.05, 4.69) is 0 Å². The SMILES string of the molecule is OC[C@@H](F)CC1CCOCC1. The number of aliphatic hydroxyl groups is 1. The summed E-state index contributed by atoms with van der Waals surface area (Å²) in [5.74, 6) is 0.422. The molecule has 0 aromatic carbocycles. The van der Waals surface area contributed by atoms with Gasteiger partial charge in [-0.1, -0.05) is 0 Å². The molecule has 11 heavy (non-hydrogen) atoms. The minimum Gasteiger partial charge on any atom is -0.393 e. The first-order valence-electron chi connectivity index (χ1n) is 4.15. The van der Waals surface area contributed by atoms with Crippen LogP contribution in [0, 0.1) is 5.92 Å². The topological polar surface area (TPSA) is 29.5 Å². The second-order valence-corrected chi connectivity index (χ2v) is 3.07. The lowest BCUT2D eigenvalue weighted by Crippen LogP contribution is -2.20. The first-order chi connectivity index (χ1) is 5.33. The van der Waals surface area contributed by atoms with E-state index in [1.54, 1.807) is 0 Å². The van der Waals surface area contributed by atoms with Crippen LogP contribution in [0.25, 0.3) is 0 Å². The maximum atomic E-state index is 12.6. The van der Waals surface area contributed by atoms with Crippen LogP contribution in [0.1, 0.15) is 19.3 Å². The van der Waals surface area contributed by atoms with Crippen LogP contribution in [0.3, 0.4) is 0 Å². The maximum Gasteiger partial charge on any atom is 0.123 e. The molecule has 0 spiro atoms. The molecule has 0 unspecified atom stereocenters. The highest BCUT2D eigenvalue weighted by atomic mass is 19.1. The standard InChI is InChI=1S/C8H15FO2/c9-8(6-10)5-7-1-3-11-4-2-7/h7-8,10H,1-6H2/t8-/m0/s1. The summed E-state index contributed by atoms with van der Waals surface area (Å²) in [5, 5.41) is 8.46. The predicted octanol–water partition coefficient (Wildman–Crippen LogP) is 1.13. The van der Waals surface area contributed by atoms with Gasteiger partial charge < -0.3 is 9.84 Å². The van der Waals surface area contributed by atoms with Gasteiger partial charge >= 0.3 is 0 Å². The van der Waals surface area contributed by atoms with Crippen molar-refractivity contribution in [3.63, 3.8) is 0 Å². The van der Waals surface area contributed by atoms with Gasteiger partial charge in [0.2, 0.25) is 0 Å². The monoisotopic (exact) mass is 162 g/mol. The number of ether oxygens (including phenoxy) is 1. The molecule has 1 aliphatic heterocycles. The second kappa shape index (κ2) is 4.67. The summed E-state index contributed by atoms with van der Waals surface area (Å²) in [5.41, 5.74) is 0. The fourth-order valence-electron chi connectivity index (χ4n) is 1.42. The molecule has 0 saturated carbocycles. The summed E-state index contributed by atoms with van der Waals surface area (Å²) in [6, 6.07) is 0. The second-order valence-electron chi connectivity index (χ2n) is 3.07. The van der Waals surface area contributed by atoms with Crippen molar-refractivity contribution in [2.75, 3.05) is 19.8 Å². The Bertz CT molecular complexity index is 102. The van der Waals surface area contributed by atoms with E-state index in [1.807, 2.05) is 0 Å². The van der Waals surface area contributed by atoms with Gasteiger partial charge in [-0.25, -0.2) is 4.39 Å². The lowest BCUT2D eigenvalue weighted by Gasteiger charge is -2.22. The molecule has 0 radical (unpaired) electrons. The zero-order chi connectivity index (χ0) is 8.10. The molecule has 0 bridgehead atoms. The Morgan fingerprint density at radius 1 is 1.45 bits per heavy atom. The molecule has 1 N–H and O–H groups in total. The van der Waals surface area contributed by atoms with Crippen LogP contribution in [0.4, 0.5) is 4.39 Å². The molecule has 1 saturated heterocycles. The Hall–Kier alpha value is -0.150. The number of aliphatic hydroxyl groups excluding tert-OH is 1. The molecular formula is C8H15FO2. The van der Waals surface area contributed by atoms with Crippen LogP contribution in [-0.4, -0.2) is 31.1 Å². The van der Waals surface area contributed by atoms with Gasteiger partial charge in [0.25, 0.3) is 0 Å². The molecule has 2 nitrogen and oxygen atoms in total. The van der Waals surface area contributed by atoms with E-state index in [4.69, 9.17) is 9.84 Å². The molecule has 66 valence electrons. The maximum absolute atomic E-state index is 12.6. The predicted molar refractivity (Wildman–Crippen MR) is 40.1 cm³/mol.